The van der Waals surface area contributed by atoms with Crippen molar-refractivity contribution < 1.29 is 0 Å². The summed E-state index contributed by atoms with van der Waals surface area (Å²) in [5.41, 5.74) is 4.69. The molecule has 0 saturated heterocycles. The number of nitrogens with zero attached hydrogens (tertiary/aromatic N) is 3. The van der Waals surface area contributed by atoms with E-state index in [0.29, 0.717) is 11.3 Å². The standard InChI is InChI=1S/C25H31N3/c1-7-14-25(6,9-3)23-13-11-10-12-22(23)24-27-15-16-28(24)20(5)21(18-26)17-19(4)8-2/h8,10-13,15-17H,5,7,9,14H2,1-4,6H3/b19-8-,21-17-. The predicted octanol–water partition coefficient (Wildman–Crippen LogP) is 6.90. The Hall–Kier alpha value is -2.86. The average Bonchev–Trinajstić information content (AvgIpc) is 3.21. The summed E-state index contributed by atoms with van der Waals surface area (Å²) in [5, 5.41) is 9.65. The minimum absolute atomic E-state index is 0.0822. The molecule has 1 unspecified atom stereocenters. The maximum atomic E-state index is 9.65. The van der Waals surface area contributed by atoms with Gasteiger partial charge in [0.15, 0.2) is 0 Å². The fourth-order valence-electron chi connectivity index (χ4n) is 3.60. The molecule has 3 heteroatoms. The lowest BCUT2D eigenvalue weighted by atomic mass is 9.74. The van der Waals surface area contributed by atoms with E-state index in [1.165, 1.54) is 5.56 Å². The van der Waals surface area contributed by atoms with Crippen LogP contribution in [0.15, 0.2) is 66.5 Å². The van der Waals surface area contributed by atoms with E-state index in [1.807, 2.05) is 42.8 Å². The second kappa shape index (κ2) is 9.37. The quantitative estimate of drug-likeness (QED) is 0.373. The summed E-state index contributed by atoms with van der Waals surface area (Å²) in [6.45, 7) is 14.9. The van der Waals surface area contributed by atoms with Gasteiger partial charge in [0.1, 0.15) is 11.9 Å². The lowest BCUT2D eigenvalue weighted by Crippen LogP contribution is -2.22. The van der Waals surface area contributed by atoms with Crippen LogP contribution in [0.3, 0.4) is 0 Å². The Morgan fingerprint density at radius 1 is 1.32 bits per heavy atom. The van der Waals surface area contributed by atoms with E-state index in [1.54, 1.807) is 6.20 Å². The molecule has 0 aliphatic rings. The topological polar surface area (TPSA) is 41.6 Å². The summed E-state index contributed by atoms with van der Waals surface area (Å²) in [5.74, 6) is 0.829. The van der Waals surface area contributed by atoms with Crippen LogP contribution in [-0.4, -0.2) is 9.55 Å². The van der Waals surface area contributed by atoms with Crippen molar-refractivity contribution in [3.8, 4) is 17.5 Å². The van der Waals surface area contributed by atoms with Gasteiger partial charge in [-0.1, -0.05) is 69.7 Å². The van der Waals surface area contributed by atoms with Crippen molar-refractivity contribution in [2.75, 3.05) is 0 Å². The van der Waals surface area contributed by atoms with Crippen LogP contribution >= 0.6 is 0 Å². The monoisotopic (exact) mass is 373 g/mol. The van der Waals surface area contributed by atoms with E-state index in [9.17, 15) is 5.26 Å². The zero-order valence-corrected chi connectivity index (χ0v) is 17.8. The number of allylic oxidation sites excluding steroid dienone is 5. The third-order valence-electron chi connectivity index (χ3n) is 5.59. The van der Waals surface area contributed by atoms with Crippen LogP contribution in [-0.2, 0) is 5.41 Å². The van der Waals surface area contributed by atoms with E-state index in [2.05, 4.69) is 56.6 Å². The lowest BCUT2D eigenvalue weighted by Gasteiger charge is -2.31. The molecule has 0 aliphatic heterocycles. The Bertz CT molecular complexity index is 937. The van der Waals surface area contributed by atoms with Gasteiger partial charge >= 0.3 is 0 Å². The van der Waals surface area contributed by atoms with Crippen LogP contribution in [0.25, 0.3) is 17.1 Å². The molecule has 0 fully saturated rings. The largest absolute Gasteiger partial charge is 0.299 e. The predicted molar refractivity (Wildman–Crippen MR) is 119 cm³/mol. The molecule has 2 aromatic rings. The van der Waals surface area contributed by atoms with Crippen LogP contribution in [0, 0.1) is 11.3 Å². The first-order chi connectivity index (χ1) is 13.4. The maximum Gasteiger partial charge on any atom is 0.144 e. The Labute approximate surface area is 169 Å². The molecule has 0 spiro atoms. The van der Waals surface area contributed by atoms with Gasteiger partial charge in [0.25, 0.3) is 0 Å². The molecule has 0 amide bonds. The second-order valence-electron chi connectivity index (χ2n) is 7.48. The van der Waals surface area contributed by atoms with Crippen molar-refractivity contribution in [3.63, 3.8) is 0 Å². The Kier molecular flexibility index (Phi) is 7.18. The first kappa shape index (κ1) is 21.4. The van der Waals surface area contributed by atoms with Crippen LogP contribution in [0.5, 0.6) is 0 Å². The number of hydrogen-bond acceptors (Lipinski definition) is 2. The van der Waals surface area contributed by atoms with Crippen LogP contribution < -0.4 is 0 Å². The molecule has 0 radical (unpaired) electrons. The zero-order chi connectivity index (χ0) is 20.7. The second-order valence-corrected chi connectivity index (χ2v) is 7.48. The fourth-order valence-corrected chi connectivity index (χ4v) is 3.60. The van der Waals surface area contributed by atoms with Gasteiger partial charge in [0, 0.05) is 18.0 Å². The van der Waals surface area contributed by atoms with Crippen LogP contribution in [0.4, 0.5) is 0 Å². The van der Waals surface area contributed by atoms with Gasteiger partial charge in [-0.25, -0.2) is 4.98 Å². The summed E-state index contributed by atoms with van der Waals surface area (Å²) in [6, 6.07) is 10.8. The van der Waals surface area contributed by atoms with Crippen molar-refractivity contribution >= 4 is 5.70 Å². The van der Waals surface area contributed by atoms with Gasteiger partial charge in [-0.15, -0.1) is 0 Å². The Balaban J connectivity index is 2.61. The molecular formula is C25H31N3. The molecule has 2 rings (SSSR count). The first-order valence-corrected chi connectivity index (χ1v) is 9.99. The van der Waals surface area contributed by atoms with E-state index >= 15 is 0 Å². The highest BCUT2D eigenvalue weighted by Gasteiger charge is 2.28. The maximum absolute atomic E-state index is 9.65. The highest BCUT2D eigenvalue weighted by atomic mass is 15.1. The first-order valence-electron chi connectivity index (χ1n) is 9.99. The number of aromatic nitrogens is 2. The highest BCUT2D eigenvalue weighted by Crippen LogP contribution is 2.39. The van der Waals surface area contributed by atoms with Gasteiger partial charge in [0.05, 0.1) is 11.3 Å². The fraction of sp³-hybridized carbons (Fsp3) is 0.360. The molecule has 0 bridgehead atoms. The molecule has 28 heavy (non-hydrogen) atoms. The summed E-state index contributed by atoms with van der Waals surface area (Å²) in [7, 11) is 0. The molecule has 0 aliphatic carbocycles. The summed E-state index contributed by atoms with van der Waals surface area (Å²) in [4.78, 5) is 4.64. The third-order valence-corrected chi connectivity index (χ3v) is 5.59. The molecule has 0 N–H and O–H groups in total. The van der Waals surface area contributed by atoms with Crippen molar-refractivity contribution in [2.45, 2.75) is 59.3 Å². The number of rotatable bonds is 8. The molecule has 3 nitrogen and oxygen atoms in total. The normalized spacial score (nSPS) is 14.4. The molecule has 1 heterocycles. The number of hydrogen-bond donors (Lipinski definition) is 0. The Morgan fingerprint density at radius 3 is 2.64 bits per heavy atom. The molecule has 1 atom stereocenters. The highest BCUT2D eigenvalue weighted by molar-refractivity contribution is 5.75. The van der Waals surface area contributed by atoms with Crippen molar-refractivity contribution in [1.29, 1.82) is 5.26 Å². The van der Waals surface area contributed by atoms with Gasteiger partial charge in [0.2, 0.25) is 0 Å². The van der Waals surface area contributed by atoms with Crippen LogP contribution in [0.2, 0.25) is 0 Å². The van der Waals surface area contributed by atoms with E-state index in [0.717, 1.165) is 36.2 Å². The van der Waals surface area contributed by atoms with Gasteiger partial charge in [-0.05, 0) is 43.7 Å². The van der Waals surface area contributed by atoms with Gasteiger partial charge in [-0.2, -0.15) is 5.26 Å². The molecule has 1 aromatic heterocycles. The molecule has 146 valence electrons. The van der Waals surface area contributed by atoms with Crippen molar-refractivity contribution in [2.24, 2.45) is 0 Å². The third kappa shape index (κ3) is 4.34. The van der Waals surface area contributed by atoms with Gasteiger partial charge in [-0.3, -0.25) is 4.57 Å². The summed E-state index contributed by atoms with van der Waals surface area (Å²) < 4.78 is 1.93. The lowest BCUT2D eigenvalue weighted by molar-refractivity contribution is 0.414. The number of imidazole rings is 1. The average molecular weight is 374 g/mol. The molecule has 0 saturated carbocycles. The molecule has 1 aromatic carbocycles. The minimum atomic E-state index is 0.0822. The van der Waals surface area contributed by atoms with E-state index < -0.39 is 0 Å². The SMILES string of the molecule is C=C(/C(C#N)=C\C(C)=C/C)n1ccnc1-c1ccccc1C(C)(CC)CCC. The smallest absolute Gasteiger partial charge is 0.144 e. The van der Waals surface area contributed by atoms with Crippen molar-refractivity contribution in [1.82, 2.24) is 9.55 Å². The van der Waals surface area contributed by atoms with Gasteiger partial charge < -0.3 is 0 Å². The summed E-state index contributed by atoms with van der Waals surface area (Å²) >= 11 is 0. The minimum Gasteiger partial charge on any atom is -0.299 e. The zero-order valence-electron chi connectivity index (χ0n) is 17.8. The number of nitriles is 1. The van der Waals surface area contributed by atoms with E-state index in [4.69, 9.17) is 0 Å². The van der Waals surface area contributed by atoms with E-state index in [-0.39, 0.29) is 5.41 Å². The van der Waals surface area contributed by atoms with Crippen LogP contribution in [0.1, 0.15) is 59.4 Å². The summed E-state index contributed by atoms with van der Waals surface area (Å²) in [6.07, 6.45) is 10.8. The Morgan fingerprint density at radius 2 is 2.04 bits per heavy atom. The molecular weight excluding hydrogens is 342 g/mol. The number of benzene rings is 1. The van der Waals surface area contributed by atoms with Crippen molar-refractivity contribution in [3.05, 3.63) is 72.1 Å².